The van der Waals surface area contributed by atoms with Crippen molar-refractivity contribution >= 4 is 0 Å². The monoisotopic (exact) mass is 168 g/mol. The van der Waals surface area contributed by atoms with E-state index in [1.54, 1.807) is 0 Å². The van der Waals surface area contributed by atoms with Gasteiger partial charge >= 0.3 is 0 Å². The van der Waals surface area contributed by atoms with Crippen molar-refractivity contribution in [3.8, 4) is 0 Å². The van der Waals surface area contributed by atoms with E-state index in [4.69, 9.17) is 5.73 Å². The van der Waals surface area contributed by atoms with Crippen LogP contribution in [0, 0.1) is 5.92 Å². The van der Waals surface area contributed by atoms with Crippen molar-refractivity contribution in [1.29, 1.82) is 0 Å². The molecular formula is C8H16N4. The topological polar surface area (TPSA) is 56.7 Å². The number of nitrogens with two attached hydrogens (primary N) is 1. The van der Waals surface area contributed by atoms with Crippen molar-refractivity contribution in [1.82, 2.24) is 15.0 Å². The van der Waals surface area contributed by atoms with Crippen molar-refractivity contribution in [2.45, 2.75) is 26.8 Å². The molecule has 0 aromatic carbocycles. The Morgan fingerprint density at radius 3 is 2.67 bits per heavy atom. The van der Waals surface area contributed by atoms with Crippen LogP contribution in [-0.2, 0) is 20.0 Å². The minimum absolute atomic E-state index is 0.482. The van der Waals surface area contributed by atoms with Crippen molar-refractivity contribution in [2.24, 2.45) is 18.7 Å². The molecule has 1 aromatic rings. The lowest BCUT2D eigenvalue weighted by molar-refractivity contribution is 0.588. The highest BCUT2D eigenvalue weighted by Crippen LogP contribution is 2.09. The highest BCUT2D eigenvalue weighted by Gasteiger charge is 2.09. The first-order valence-electron chi connectivity index (χ1n) is 4.22. The van der Waals surface area contributed by atoms with Crippen LogP contribution in [0.5, 0.6) is 0 Å². The molecule has 0 spiro atoms. The summed E-state index contributed by atoms with van der Waals surface area (Å²) >= 11 is 0. The minimum atomic E-state index is 0.482. The van der Waals surface area contributed by atoms with E-state index in [2.05, 4.69) is 24.2 Å². The highest BCUT2D eigenvalue weighted by atomic mass is 15.4. The van der Waals surface area contributed by atoms with Crippen LogP contribution in [0.4, 0.5) is 0 Å². The summed E-state index contributed by atoms with van der Waals surface area (Å²) in [6.07, 6.45) is 0.996. The molecule has 4 heteroatoms. The van der Waals surface area contributed by atoms with E-state index in [9.17, 15) is 0 Å². The summed E-state index contributed by atoms with van der Waals surface area (Å²) in [7, 11) is 1.91. The third-order valence-electron chi connectivity index (χ3n) is 1.82. The van der Waals surface area contributed by atoms with E-state index >= 15 is 0 Å². The lowest BCUT2D eigenvalue weighted by Crippen LogP contribution is -2.07. The van der Waals surface area contributed by atoms with Crippen molar-refractivity contribution in [3.05, 3.63) is 11.4 Å². The predicted octanol–water partition coefficient (Wildman–Crippen LogP) is 0.472. The van der Waals surface area contributed by atoms with Gasteiger partial charge in [0, 0.05) is 13.6 Å². The van der Waals surface area contributed by atoms with Gasteiger partial charge in [0.1, 0.15) is 0 Å². The summed E-state index contributed by atoms with van der Waals surface area (Å²) in [5, 5.41) is 7.90. The van der Waals surface area contributed by atoms with E-state index in [0.717, 1.165) is 17.8 Å². The molecule has 0 saturated carbocycles. The Kier molecular flexibility index (Phi) is 2.81. The van der Waals surface area contributed by atoms with Crippen LogP contribution in [0.25, 0.3) is 0 Å². The van der Waals surface area contributed by atoms with Gasteiger partial charge in [-0.1, -0.05) is 19.1 Å². The first kappa shape index (κ1) is 9.19. The molecule has 1 heterocycles. The maximum absolute atomic E-state index is 5.52. The number of rotatable bonds is 3. The molecule has 0 aliphatic carbocycles. The number of hydrogen-bond acceptors (Lipinski definition) is 3. The summed E-state index contributed by atoms with van der Waals surface area (Å²) in [4.78, 5) is 0. The van der Waals surface area contributed by atoms with E-state index in [1.165, 1.54) is 0 Å². The average molecular weight is 168 g/mol. The van der Waals surface area contributed by atoms with Gasteiger partial charge in [0.25, 0.3) is 0 Å². The zero-order valence-electron chi connectivity index (χ0n) is 7.91. The highest BCUT2D eigenvalue weighted by molar-refractivity contribution is 5.09. The number of nitrogens with zero attached hydrogens (tertiary/aromatic N) is 3. The van der Waals surface area contributed by atoms with Gasteiger partial charge < -0.3 is 5.73 Å². The van der Waals surface area contributed by atoms with Gasteiger partial charge in [-0.2, -0.15) is 0 Å². The fourth-order valence-electron chi connectivity index (χ4n) is 1.21. The van der Waals surface area contributed by atoms with Crippen molar-refractivity contribution < 1.29 is 0 Å². The Labute approximate surface area is 72.8 Å². The molecule has 0 fully saturated rings. The summed E-state index contributed by atoms with van der Waals surface area (Å²) in [6.45, 7) is 4.83. The Morgan fingerprint density at radius 2 is 2.17 bits per heavy atom. The number of hydrogen-bond donors (Lipinski definition) is 1. The molecule has 0 aliphatic rings. The van der Waals surface area contributed by atoms with Crippen molar-refractivity contribution in [3.63, 3.8) is 0 Å². The Balaban J connectivity index is 2.86. The summed E-state index contributed by atoms with van der Waals surface area (Å²) in [6, 6.07) is 0. The molecule has 4 nitrogen and oxygen atoms in total. The second-order valence-electron chi connectivity index (χ2n) is 3.41. The molecule has 2 N–H and O–H groups in total. The van der Waals surface area contributed by atoms with Crippen LogP contribution in [-0.4, -0.2) is 15.0 Å². The lowest BCUT2D eigenvalue weighted by atomic mass is 10.1. The van der Waals surface area contributed by atoms with Crippen molar-refractivity contribution in [2.75, 3.05) is 0 Å². The Bertz CT molecular complexity index is 252. The van der Waals surface area contributed by atoms with E-state index < -0.39 is 0 Å². The van der Waals surface area contributed by atoms with Gasteiger partial charge in [-0.25, -0.2) is 0 Å². The largest absolute Gasteiger partial charge is 0.325 e. The third kappa shape index (κ3) is 1.82. The summed E-state index contributed by atoms with van der Waals surface area (Å²) < 4.78 is 1.81. The molecule has 68 valence electrons. The molecule has 1 aromatic heterocycles. The second kappa shape index (κ2) is 3.67. The molecule has 0 bridgehead atoms. The zero-order chi connectivity index (χ0) is 9.14. The van der Waals surface area contributed by atoms with Crippen LogP contribution in [0.2, 0.25) is 0 Å². The normalized spacial score (nSPS) is 11.1. The van der Waals surface area contributed by atoms with Gasteiger partial charge in [0.15, 0.2) is 0 Å². The standard InChI is InChI=1S/C8H16N4/c1-6(2)4-8-7(5-9)10-11-12(8)3/h6H,4-5,9H2,1-3H3. The maximum atomic E-state index is 5.52. The van der Waals surface area contributed by atoms with Crippen LogP contribution < -0.4 is 5.73 Å². The number of aromatic nitrogens is 3. The molecule has 0 unspecified atom stereocenters. The van der Waals surface area contributed by atoms with Crippen LogP contribution in [0.15, 0.2) is 0 Å². The first-order valence-corrected chi connectivity index (χ1v) is 4.22. The quantitative estimate of drug-likeness (QED) is 0.714. The van der Waals surface area contributed by atoms with Gasteiger partial charge in [-0.05, 0) is 12.3 Å². The third-order valence-corrected chi connectivity index (χ3v) is 1.82. The predicted molar refractivity (Wildman–Crippen MR) is 47.4 cm³/mol. The van der Waals surface area contributed by atoms with E-state index in [1.807, 2.05) is 11.7 Å². The van der Waals surface area contributed by atoms with E-state index in [-0.39, 0.29) is 0 Å². The maximum Gasteiger partial charge on any atom is 0.0994 e. The Morgan fingerprint density at radius 1 is 1.50 bits per heavy atom. The molecular weight excluding hydrogens is 152 g/mol. The van der Waals surface area contributed by atoms with E-state index in [0.29, 0.717) is 12.5 Å². The molecule has 0 amide bonds. The SMILES string of the molecule is CC(C)Cc1c(CN)nnn1C. The molecule has 0 radical (unpaired) electrons. The first-order chi connectivity index (χ1) is 5.65. The molecule has 1 rings (SSSR count). The minimum Gasteiger partial charge on any atom is -0.325 e. The van der Waals surface area contributed by atoms with Gasteiger partial charge in [-0.3, -0.25) is 4.68 Å². The van der Waals surface area contributed by atoms with Crippen LogP contribution in [0.3, 0.4) is 0 Å². The fraction of sp³-hybridized carbons (Fsp3) is 0.750. The molecule has 12 heavy (non-hydrogen) atoms. The fourth-order valence-corrected chi connectivity index (χ4v) is 1.21. The smallest absolute Gasteiger partial charge is 0.0994 e. The molecule has 0 atom stereocenters. The zero-order valence-corrected chi connectivity index (χ0v) is 7.91. The van der Waals surface area contributed by atoms with Crippen LogP contribution in [0.1, 0.15) is 25.2 Å². The van der Waals surface area contributed by atoms with Gasteiger partial charge in [-0.15, -0.1) is 5.10 Å². The summed E-state index contributed by atoms with van der Waals surface area (Å²) in [5.41, 5.74) is 7.61. The van der Waals surface area contributed by atoms with Gasteiger partial charge in [0.05, 0.1) is 11.4 Å². The molecule has 0 saturated heterocycles. The average Bonchev–Trinajstić information content (AvgIpc) is 2.32. The van der Waals surface area contributed by atoms with Crippen LogP contribution >= 0.6 is 0 Å². The lowest BCUT2D eigenvalue weighted by Gasteiger charge is -2.05. The second-order valence-corrected chi connectivity index (χ2v) is 3.41. The Hall–Kier alpha value is -0.900. The molecule has 0 aliphatic heterocycles. The van der Waals surface area contributed by atoms with Gasteiger partial charge in [0.2, 0.25) is 0 Å². The summed E-state index contributed by atoms with van der Waals surface area (Å²) in [5.74, 6) is 0.618. The number of aryl methyl sites for hydroxylation is 1.